The number of halogens is 2. The van der Waals surface area contributed by atoms with E-state index in [1.807, 2.05) is 6.20 Å². The fourth-order valence-electron chi connectivity index (χ4n) is 4.45. The Morgan fingerprint density at radius 3 is 1.42 bits per heavy atom. The van der Waals surface area contributed by atoms with Gasteiger partial charge in [0.2, 0.25) is 0 Å². The van der Waals surface area contributed by atoms with Crippen LogP contribution in [-0.2, 0) is 0 Å². The fraction of sp³-hybridized carbons (Fsp3) is 0. The van der Waals surface area contributed by atoms with Crippen molar-refractivity contribution in [2.75, 3.05) is 0 Å². The fourth-order valence-corrected chi connectivity index (χ4v) is 4.81. The molecule has 0 aliphatic rings. The van der Waals surface area contributed by atoms with Crippen LogP contribution < -0.4 is 0 Å². The van der Waals surface area contributed by atoms with Crippen LogP contribution in [-0.4, -0.2) is 4.98 Å². The lowest BCUT2D eigenvalue weighted by Crippen LogP contribution is -1.86. The van der Waals surface area contributed by atoms with Crippen LogP contribution in [0.15, 0.2) is 128 Å². The molecular formula is C33H21FIN. The monoisotopic (exact) mass is 577 g/mol. The van der Waals surface area contributed by atoms with E-state index in [2.05, 4.69) is 120 Å². The summed E-state index contributed by atoms with van der Waals surface area (Å²) < 4.78 is 14.5. The Balaban J connectivity index is 1.25. The number of aromatic nitrogens is 1. The van der Waals surface area contributed by atoms with Crippen molar-refractivity contribution in [3.63, 3.8) is 0 Å². The second-order valence-corrected chi connectivity index (χ2v) is 10.0. The average Bonchev–Trinajstić information content (AvgIpc) is 2.94. The third-order valence-corrected chi connectivity index (χ3v) is 7.19. The Bertz CT molecular complexity index is 1530. The van der Waals surface area contributed by atoms with E-state index in [1.165, 1.54) is 26.8 Å². The van der Waals surface area contributed by atoms with E-state index in [1.54, 1.807) is 12.1 Å². The molecular weight excluding hydrogens is 556 g/mol. The van der Waals surface area contributed by atoms with Gasteiger partial charge in [-0.1, -0.05) is 84.9 Å². The molecule has 0 aliphatic carbocycles. The van der Waals surface area contributed by atoms with E-state index in [0.717, 1.165) is 44.3 Å². The molecule has 0 atom stereocenters. The van der Waals surface area contributed by atoms with Gasteiger partial charge in [0, 0.05) is 20.7 Å². The smallest absolute Gasteiger partial charge is 0.123 e. The van der Waals surface area contributed by atoms with Crippen molar-refractivity contribution in [2.24, 2.45) is 0 Å². The van der Waals surface area contributed by atoms with Crippen molar-refractivity contribution in [1.29, 1.82) is 0 Å². The van der Waals surface area contributed by atoms with E-state index >= 15 is 0 Å². The molecule has 0 unspecified atom stereocenters. The number of fused-ring (bicyclic) bond motifs is 1. The van der Waals surface area contributed by atoms with Crippen molar-refractivity contribution in [3.05, 3.63) is 137 Å². The first-order valence-electron chi connectivity index (χ1n) is 11.7. The highest BCUT2D eigenvalue weighted by Crippen LogP contribution is 2.30. The molecule has 0 bridgehead atoms. The molecule has 6 rings (SSSR count). The standard InChI is InChI=1S/C33H21FIN/c34-31-15-11-24(12-16-31)22-1-5-26(6-2-22)28-9-10-29-19-30(21-36-33(29)20-28)27-7-3-23(4-8-27)25-13-17-32(35)18-14-25/h1-21H. The van der Waals surface area contributed by atoms with Crippen LogP contribution in [0.3, 0.4) is 0 Å². The summed E-state index contributed by atoms with van der Waals surface area (Å²) in [5, 5.41) is 1.11. The van der Waals surface area contributed by atoms with Crippen LogP contribution in [0.5, 0.6) is 0 Å². The minimum Gasteiger partial charge on any atom is -0.256 e. The molecule has 1 aromatic heterocycles. The van der Waals surface area contributed by atoms with Gasteiger partial charge in [0.1, 0.15) is 5.82 Å². The predicted octanol–water partition coefficient (Wildman–Crippen LogP) is 9.65. The summed E-state index contributed by atoms with van der Waals surface area (Å²) in [6.07, 6.45) is 1.95. The first-order chi connectivity index (χ1) is 17.6. The summed E-state index contributed by atoms with van der Waals surface area (Å²) >= 11 is 2.33. The molecule has 1 heterocycles. The van der Waals surface area contributed by atoms with E-state index in [4.69, 9.17) is 4.98 Å². The molecule has 0 fully saturated rings. The number of benzene rings is 5. The zero-order valence-corrected chi connectivity index (χ0v) is 21.5. The maximum absolute atomic E-state index is 13.2. The minimum atomic E-state index is -0.221. The summed E-state index contributed by atoms with van der Waals surface area (Å²) in [6, 6.07) is 40.8. The molecule has 1 nitrogen and oxygen atoms in total. The number of hydrogen-bond donors (Lipinski definition) is 0. The van der Waals surface area contributed by atoms with Gasteiger partial charge in [-0.2, -0.15) is 0 Å². The van der Waals surface area contributed by atoms with Gasteiger partial charge in [0.05, 0.1) is 5.52 Å². The first kappa shape index (κ1) is 22.6. The molecule has 0 saturated heterocycles. The normalized spacial score (nSPS) is 11.1. The highest BCUT2D eigenvalue weighted by molar-refractivity contribution is 14.1. The quantitative estimate of drug-likeness (QED) is 0.190. The van der Waals surface area contributed by atoms with Crippen LogP contribution >= 0.6 is 22.6 Å². The molecule has 0 saturated carbocycles. The van der Waals surface area contributed by atoms with Gasteiger partial charge < -0.3 is 0 Å². The predicted molar refractivity (Wildman–Crippen MR) is 156 cm³/mol. The van der Waals surface area contributed by atoms with E-state index in [-0.39, 0.29) is 5.82 Å². The number of rotatable bonds is 4. The summed E-state index contributed by atoms with van der Waals surface area (Å²) in [5.41, 5.74) is 9.96. The molecule has 3 heteroatoms. The second-order valence-electron chi connectivity index (χ2n) is 8.80. The molecule has 0 amide bonds. The Labute approximate surface area is 223 Å². The van der Waals surface area contributed by atoms with Gasteiger partial charge in [-0.3, -0.25) is 4.98 Å². The zero-order chi connectivity index (χ0) is 24.5. The molecule has 36 heavy (non-hydrogen) atoms. The van der Waals surface area contributed by atoms with Gasteiger partial charge in [-0.05, 0) is 97.9 Å². The minimum absolute atomic E-state index is 0.221. The van der Waals surface area contributed by atoms with Gasteiger partial charge in [-0.25, -0.2) is 4.39 Å². The van der Waals surface area contributed by atoms with Crippen molar-refractivity contribution in [1.82, 2.24) is 4.98 Å². The number of pyridine rings is 1. The molecule has 172 valence electrons. The molecule has 0 aliphatic heterocycles. The van der Waals surface area contributed by atoms with E-state index < -0.39 is 0 Å². The second kappa shape index (κ2) is 9.67. The Kier molecular flexibility index (Phi) is 6.08. The third kappa shape index (κ3) is 4.67. The van der Waals surface area contributed by atoms with Crippen LogP contribution in [0.4, 0.5) is 4.39 Å². The third-order valence-electron chi connectivity index (χ3n) is 6.48. The van der Waals surface area contributed by atoms with Crippen molar-refractivity contribution < 1.29 is 4.39 Å². The summed E-state index contributed by atoms with van der Waals surface area (Å²) in [7, 11) is 0. The van der Waals surface area contributed by atoms with Gasteiger partial charge >= 0.3 is 0 Å². The lowest BCUT2D eigenvalue weighted by atomic mass is 9.98. The van der Waals surface area contributed by atoms with E-state index in [0.29, 0.717) is 0 Å². The van der Waals surface area contributed by atoms with Crippen LogP contribution in [0.25, 0.3) is 55.4 Å². The van der Waals surface area contributed by atoms with Gasteiger partial charge in [-0.15, -0.1) is 0 Å². The lowest BCUT2D eigenvalue weighted by Gasteiger charge is -2.08. The summed E-state index contributed by atoms with van der Waals surface area (Å²) in [5.74, 6) is -0.221. The molecule has 0 N–H and O–H groups in total. The summed E-state index contributed by atoms with van der Waals surface area (Å²) in [6.45, 7) is 0. The number of nitrogens with zero attached hydrogens (tertiary/aromatic N) is 1. The largest absolute Gasteiger partial charge is 0.256 e. The molecule has 0 spiro atoms. The highest BCUT2D eigenvalue weighted by Gasteiger charge is 2.06. The van der Waals surface area contributed by atoms with Crippen molar-refractivity contribution in [2.45, 2.75) is 0 Å². The Hall–Kier alpha value is -3.83. The van der Waals surface area contributed by atoms with Gasteiger partial charge in [0.25, 0.3) is 0 Å². The molecule has 0 radical (unpaired) electrons. The van der Waals surface area contributed by atoms with Crippen LogP contribution in [0.2, 0.25) is 0 Å². The van der Waals surface area contributed by atoms with Crippen molar-refractivity contribution >= 4 is 33.5 Å². The van der Waals surface area contributed by atoms with Crippen molar-refractivity contribution in [3.8, 4) is 44.5 Å². The highest BCUT2D eigenvalue weighted by atomic mass is 127. The SMILES string of the molecule is Fc1ccc(-c2ccc(-c3ccc4cc(-c5ccc(-c6ccc(I)cc6)cc5)cnc4c3)cc2)cc1. The Morgan fingerprint density at radius 1 is 0.444 bits per heavy atom. The van der Waals surface area contributed by atoms with Crippen LogP contribution in [0.1, 0.15) is 0 Å². The maximum Gasteiger partial charge on any atom is 0.123 e. The molecule has 6 aromatic rings. The Morgan fingerprint density at radius 2 is 0.861 bits per heavy atom. The van der Waals surface area contributed by atoms with Crippen LogP contribution in [0, 0.1) is 9.39 Å². The topological polar surface area (TPSA) is 12.9 Å². The van der Waals surface area contributed by atoms with Gasteiger partial charge in [0.15, 0.2) is 0 Å². The zero-order valence-electron chi connectivity index (χ0n) is 19.3. The summed E-state index contributed by atoms with van der Waals surface area (Å²) in [4.78, 5) is 4.77. The first-order valence-corrected chi connectivity index (χ1v) is 12.8. The van der Waals surface area contributed by atoms with E-state index in [9.17, 15) is 4.39 Å². The number of hydrogen-bond acceptors (Lipinski definition) is 1. The lowest BCUT2D eigenvalue weighted by molar-refractivity contribution is 0.628. The maximum atomic E-state index is 13.2. The molecule has 5 aromatic carbocycles. The average molecular weight is 577 g/mol.